The van der Waals surface area contributed by atoms with Gasteiger partial charge in [-0.2, -0.15) is 5.10 Å². The molecule has 1 amide bonds. The number of hydrogen-bond acceptors (Lipinski definition) is 4. The molecule has 6 nitrogen and oxygen atoms in total. The lowest BCUT2D eigenvalue weighted by atomic mass is 9.98. The van der Waals surface area contributed by atoms with Crippen LogP contribution in [0.5, 0.6) is 11.5 Å². The average Bonchev–Trinajstić information content (AvgIpc) is 3.29. The predicted molar refractivity (Wildman–Crippen MR) is 152 cm³/mol. The molecule has 6 heteroatoms. The number of amides is 1. The normalized spacial score (nSPS) is 11.2. The molecular formula is C32H29N3O3. The Labute approximate surface area is 221 Å². The van der Waals surface area contributed by atoms with Crippen LogP contribution in [0.2, 0.25) is 0 Å². The Morgan fingerprint density at radius 3 is 2.34 bits per heavy atom. The van der Waals surface area contributed by atoms with Crippen molar-refractivity contribution in [1.29, 1.82) is 0 Å². The van der Waals surface area contributed by atoms with E-state index >= 15 is 0 Å². The third-order valence-corrected chi connectivity index (χ3v) is 6.33. The number of phenolic OH excluding ortho intramolecular Hbond substituents is 1. The summed E-state index contributed by atoms with van der Waals surface area (Å²) >= 11 is 0. The van der Waals surface area contributed by atoms with Crippen molar-refractivity contribution >= 4 is 23.0 Å². The summed E-state index contributed by atoms with van der Waals surface area (Å²) in [7, 11) is 0. The molecule has 5 aromatic rings. The first-order valence-electron chi connectivity index (χ1n) is 12.7. The molecule has 5 rings (SSSR count). The first kappa shape index (κ1) is 24.8. The molecule has 1 heterocycles. The van der Waals surface area contributed by atoms with Crippen molar-refractivity contribution in [2.45, 2.75) is 19.9 Å². The standard InChI is InChI=1S/C32H29N3O3/c1-2-38-29-21-23(17-18-28(29)36)22-33-34-30(37)19-20-35-27-16-10-9-15-26(27)31(24-11-5-3-6-12-24)32(35)25-13-7-4-8-14-25/h3-18,21-22,36H,2,19-20H2,1H3,(H,34,37). The molecule has 2 N–H and O–H groups in total. The monoisotopic (exact) mass is 503 g/mol. The lowest BCUT2D eigenvalue weighted by molar-refractivity contribution is -0.121. The van der Waals surface area contributed by atoms with E-state index in [4.69, 9.17) is 4.74 Å². The van der Waals surface area contributed by atoms with E-state index in [0.717, 1.165) is 33.3 Å². The van der Waals surface area contributed by atoms with Crippen LogP contribution >= 0.6 is 0 Å². The first-order chi connectivity index (χ1) is 18.7. The van der Waals surface area contributed by atoms with Gasteiger partial charge in [-0.3, -0.25) is 4.79 Å². The zero-order chi connectivity index (χ0) is 26.3. The van der Waals surface area contributed by atoms with E-state index in [1.165, 1.54) is 6.21 Å². The number of aromatic nitrogens is 1. The van der Waals surface area contributed by atoms with Crippen LogP contribution in [0.3, 0.4) is 0 Å². The number of nitrogens with one attached hydrogen (secondary N) is 1. The zero-order valence-corrected chi connectivity index (χ0v) is 21.2. The molecule has 0 saturated heterocycles. The lowest BCUT2D eigenvalue weighted by Crippen LogP contribution is -2.19. The maximum atomic E-state index is 12.8. The number of carbonyl (C=O) groups is 1. The van der Waals surface area contributed by atoms with Crippen molar-refractivity contribution in [3.63, 3.8) is 0 Å². The molecule has 4 aromatic carbocycles. The fraction of sp³-hybridized carbons (Fsp3) is 0.125. The smallest absolute Gasteiger partial charge is 0.241 e. The van der Waals surface area contributed by atoms with Crippen LogP contribution in [0.4, 0.5) is 0 Å². The van der Waals surface area contributed by atoms with Gasteiger partial charge in [0.25, 0.3) is 0 Å². The maximum Gasteiger partial charge on any atom is 0.241 e. The average molecular weight is 504 g/mol. The van der Waals surface area contributed by atoms with Gasteiger partial charge in [-0.05, 0) is 47.9 Å². The molecule has 0 spiro atoms. The van der Waals surface area contributed by atoms with Gasteiger partial charge in [-0.1, -0.05) is 78.9 Å². The molecule has 0 aliphatic carbocycles. The van der Waals surface area contributed by atoms with Crippen LogP contribution in [0.1, 0.15) is 18.9 Å². The molecule has 0 atom stereocenters. The second-order valence-electron chi connectivity index (χ2n) is 8.83. The molecule has 190 valence electrons. The Morgan fingerprint density at radius 2 is 1.61 bits per heavy atom. The van der Waals surface area contributed by atoms with Crippen molar-refractivity contribution in [2.24, 2.45) is 5.10 Å². The Kier molecular flexibility index (Phi) is 7.50. The molecule has 0 radical (unpaired) electrons. The molecule has 0 aliphatic heterocycles. The number of hydrogen-bond donors (Lipinski definition) is 2. The number of aryl methyl sites for hydroxylation is 1. The highest BCUT2D eigenvalue weighted by Gasteiger charge is 2.20. The zero-order valence-electron chi connectivity index (χ0n) is 21.2. The van der Waals surface area contributed by atoms with Crippen molar-refractivity contribution in [3.05, 3.63) is 109 Å². The number of fused-ring (bicyclic) bond motifs is 1. The number of phenols is 1. The van der Waals surface area contributed by atoms with Gasteiger partial charge in [0.15, 0.2) is 11.5 Å². The second kappa shape index (κ2) is 11.5. The third kappa shape index (κ3) is 5.30. The van der Waals surface area contributed by atoms with E-state index in [0.29, 0.717) is 24.5 Å². The van der Waals surface area contributed by atoms with Gasteiger partial charge >= 0.3 is 0 Å². The van der Waals surface area contributed by atoms with Gasteiger partial charge in [0, 0.05) is 29.4 Å². The van der Waals surface area contributed by atoms with Gasteiger partial charge in [0.2, 0.25) is 5.91 Å². The van der Waals surface area contributed by atoms with Gasteiger partial charge < -0.3 is 14.4 Å². The summed E-state index contributed by atoms with van der Waals surface area (Å²) in [6.07, 6.45) is 1.79. The Hall–Kier alpha value is -4.84. The summed E-state index contributed by atoms with van der Waals surface area (Å²) in [5.41, 5.74) is 8.89. The van der Waals surface area contributed by atoms with E-state index in [-0.39, 0.29) is 18.1 Å². The summed E-state index contributed by atoms with van der Waals surface area (Å²) in [6.45, 7) is 2.78. The highest BCUT2D eigenvalue weighted by molar-refractivity contribution is 6.04. The minimum Gasteiger partial charge on any atom is -0.504 e. The number of hydrazone groups is 1. The van der Waals surface area contributed by atoms with E-state index < -0.39 is 0 Å². The Balaban J connectivity index is 1.41. The fourth-order valence-electron chi connectivity index (χ4n) is 4.66. The summed E-state index contributed by atoms with van der Waals surface area (Å²) in [6, 6.07) is 33.9. The predicted octanol–water partition coefficient (Wildman–Crippen LogP) is 6.62. The van der Waals surface area contributed by atoms with Crippen LogP contribution in [0.15, 0.2) is 108 Å². The fourth-order valence-corrected chi connectivity index (χ4v) is 4.66. The number of nitrogens with zero attached hydrogens (tertiary/aromatic N) is 2. The topological polar surface area (TPSA) is 75.8 Å². The van der Waals surface area contributed by atoms with E-state index in [2.05, 4.69) is 57.6 Å². The van der Waals surface area contributed by atoms with Crippen LogP contribution in [0.25, 0.3) is 33.3 Å². The Bertz CT molecular complexity index is 1570. The molecule has 0 aliphatic rings. The number of benzene rings is 4. The maximum absolute atomic E-state index is 12.8. The highest BCUT2D eigenvalue weighted by atomic mass is 16.5. The minimum atomic E-state index is -0.192. The molecule has 38 heavy (non-hydrogen) atoms. The van der Waals surface area contributed by atoms with Crippen LogP contribution in [-0.2, 0) is 11.3 Å². The van der Waals surface area contributed by atoms with Crippen molar-refractivity contribution in [1.82, 2.24) is 9.99 Å². The minimum absolute atomic E-state index is 0.0658. The molecule has 0 fully saturated rings. The van der Waals surface area contributed by atoms with Crippen LogP contribution in [-0.4, -0.2) is 28.4 Å². The second-order valence-corrected chi connectivity index (χ2v) is 8.83. The number of carbonyl (C=O) groups excluding carboxylic acids is 1. The molecule has 0 unspecified atom stereocenters. The number of aromatic hydroxyl groups is 1. The number of rotatable bonds is 9. The highest BCUT2D eigenvalue weighted by Crippen LogP contribution is 2.41. The van der Waals surface area contributed by atoms with Gasteiger partial charge in [-0.25, -0.2) is 5.43 Å². The quantitative estimate of drug-likeness (QED) is 0.175. The van der Waals surface area contributed by atoms with Crippen molar-refractivity contribution in [3.8, 4) is 33.9 Å². The van der Waals surface area contributed by atoms with Crippen molar-refractivity contribution in [2.75, 3.05) is 6.61 Å². The summed E-state index contributed by atoms with van der Waals surface area (Å²) in [4.78, 5) is 12.8. The van der Waals surface area contributed by atoms with E-state index in [1.54, 1.807) is 18.2 Å². The summed E-state index contributed by atoms with van der Waals surface area (Å²) in [5.74, 6) is 0.254. The molecule has 0 bridgehead atoms. The lowest BCUT2D eigenvalue weighted by Gasteiger charge is -2.13. The number of ether oxygens (including phenoxy) is 1. The molecule has 0 saturated carbocycles. The molecule has 1 aromatic heterocycles. The first-order valence-corrected chi connectivity index (χ1v) is 12.7. The Morgan fingerprint density at radius 1 is 0.921 bits per heavy atom. The SMILES string of the molecule is CCOc1cc(C=NNC(=O)CCn2c(-c3ccccc3)c(-c3ccccc3)c3ccccc32)ccc1O. The van der Waals surface area contributed by atoms with Crippen LogP contribution in [0, 0.1) is 0 Å². The third-order valence-electron chi connectivity index (χ3n) is 6.33. The van der Waals surface area contributed by atoms with Crippen molar-refractivity contribution < 1.29 is 14.6 Å². The van der Waals surface area contributed by atoms with Gasteiger partial charge in [0.05, 0.1) is 18.5 Å². The van der Waals surface area contributed by atoms with Gasteiger partial charge in [0.1, 0.15) is 0 Å². The van der Waals surface area contributed by atoms with Gasteiger partial charge in [-0.15, -0.1) is 0 Å². The van der Waals surface area contributed by atoms with E-state index in [9.17, 15) is 9.90 Å². The van der Waals surface area contributed by atoms with E-state index in [1.807, 2.05) is 49.4 Å². The molecular weight excluding hydrogens is 474 g/mol. The number of para-hydroxylation sites is 1. The summed E-state index contributed by atoms with van der Waals surface area (Å²) in [5, 5.41) is 15.1. The largest absolute Gasteiger partial charge is 0.504 e. The summed E-state index contributed by atoms with van der Waals surface area (Å²) < 4.78 is 7.63. The van der Waals surface area contributed by atoms with Crippen LogP contribution < -0.4 is 10.2 Å².